The number of thioether (sulfide) groups is 1. The lowest BCUT2D eigenvalue weighted by molar-refractivity contribution is 0.0737. The smallest absolute Gasteiger partial charge is 0.0556 e. The Bertz CT molecular complexity index is 120. The fraction of sp³-hybridized carbons (Fsp3) is 1.00. The molecule has 1 saturated heterocycles. The van der Waals surface area contributed by atoms with Gasteiger partial charge in [0.05, 0.1) is 13.2 Å². The Morgan fingerprint density at radius 3 is 2.82 bits per heavy atom. The second-order valence-corrected chi connectivity index (χ2v) is 4.92. The molecule has 1 aliphatic carbocycles. The summed E-state index contributed by atoms with van der Waals surface area (Å²) in [4.78, 5) is 0. The largest absolute Gasteiger partial charge is 0.380 e. The summed E-state index contributed by atoms with van der Waals surface area (Å²) in [5.74, 6) is 2.56. The number of ether oxygens (including phenoxy) is 1. The molecule has 0 unspecified atom stereocenters. The molecule has 1 spiro atoms. The first-order chi connectivity index (χ1) is 5.41. The summed E-state index contributed by atoms with van der Waals surface area (Å²) in [7, 11) is 0. The minimum absolute atomic E-state index is 0.598. The van der Waals surface area contributed by atoms with E-state index in [2.05, 4.69) is 11.8 Å². The van der Waals surface area contributed by atoms with E-state index >= 15 is 0 Å². The van der Waals surface area contributed by atoms with Crippen LogP contribution >= 0.6 is 11.8 Å². The van der Waals surface area contributed by atoms with Crippen molar-refractivity contribution in [2.75, 3.05) is 24.7 Å². The Hall–Kier alpha value is 0.310. The van der Waals surface area contributed by atoms with Crippen molar-refractivity contribution in [2.24, 2.45) is 5.41 Å². The topological polar surface area (TPSA) is 9.23 Å². The molecular weight excluding hydrogens is 156 g/mol. The minimum Gasteiger partial charge on any atom is -0.380 e. The highest BCUT2D eigenvalue weighted by molar-refractivity contribution is 7.99. The van der Waals surface area contributed by atoms with Gasteiger partial charge in [-0.1, -0.05) is 12.8 Å². The van der Waals surface area contributed by atoms with Crippen LogP contribution < -0.4 is 0 Å². The van der Waals surface area contributed by atoms with E-state index in [1.165, 1.54) is 37.2 Å². The zero-order chi connectivity index (χ0) is 7.57. The first kappa shape index (κ1) is 7.93. The molecule has 0 radical (unpaired) electrons. The van der Waals surface area contributed by atoms with Crippen molar-refractivity contribution in [3.8, 4) is 0 Å². The molecule has 0 atom stereocenters. The molecule has 1 heterocycles. The van der Waals surface area contributed by atoms with E-state index in [1.54, 1.807) is 0 Å². The molecule has 0 bridgehead atoms. The highest BCUT2D eigenvalue weighted by Gasteiger charge is 2.34. The fourth-order valence-electron chi connectivity index (χ4n) is 2.15. The molecule has 1 nitrogen and oxygen atoms in total. The summed E-state index contributed by atoms with van der Waals surface area (Å²) in [5.41, 5.74) is 0.598. The molecule has 1 aliphatic heterocycles. The van der Waals surface area contributed by atoms with E-state index in [0.717, 1.165) is 13.2 Å². The van der Waals surface area contributed by atoms with Gasteiger partial charge in [-0.15, -0.1) is 0 Å². The maximum atomic E-state index is 5.61. The van der Waals surface area contributed by atoms with Crippen molar-refractivity contribution in [2.45, 2.75) is 25.7 Å². The molecule has 2 rings (SSSR count). The Balaban J connectivity index is 1.97. The maximum Gasteiger partial charge on any atom is 0.0556 e. The van der Waals surface area contributed by atoms with Crippen LogP contribution in [0, 0.1) is 5.41 Å². The summed E-state index contributed by atoms with van der Waals surface area (Å²) in [6.07, 6.45) is 5.70. The zero-order valence-electron chi connectivity index (χ0n) is 6.97. The van der Waals surface area contributed by atoms with Crippen molar-refractivity contribution >= 4 is 11.8 Å². The number of hydrogen-bond acceptors (Lipinski definition) is 2. The summed E-state index contributed by atoms with van der Waals surface area (Å²) in [5, 5.41) is 0. The van der Waals surface area contributed by atoms with Crippen LogP contribution in [0.1, 0.15) is 25.7 Å². The highest BCUT2D eigenvalue weighted by Crippen LogP contribution is 2.41. The van der Waals surface area contributed by atoms with Crippen LogP contribution in [0.2, 0.25) is 0 Å². The highest BCUT2D eigenvalue weighted by atomic mass is 32.2. The molecule has 0 amide bonds. The third-order valence-electron chi connectivity index (χ3n) is 2.85. The van der Waals surface area contributed by atoms with E-state index in [-0.39, 0.29) is 0 Å². The quantitative estimate of drug-likeness (QED) is 0.554. The van der Waals surface area contributed by atoms with E-state index in [1.807, 2.05) is 0 Å². The number of rotatable bonds is 0. The Kier molecular flexibility index (Phi) is 2.42. The van der Waals surface area contributed by atoms with Gasteiger partial charge in [-0.25, -0.2) is 0 Å². The van der Waals surface area contributed by atoms with Gasteiger partial charge in [0.15, 0.2) is 0 Å². The Labute approximate surface area is 72.9 Å². The fourth-order valence-corrected chi connectivity index (χ4v) is 3.34. The third-order valence-corrected chi connectivity index (χ3v) is 4.12. The Morgan fingerprint density at radius 2 is 2.00 bits per heavy atom. The SMILES string of the molecule is C1CCC2(C1)COCCSC2. The van der Waals surface area contributed by atoms with Gasteiger partial charge in [-0.05, 0) is 12.8 Å². The first-order valence-electron chi connectivity index (χ1n) is 4.57. The van der Waals surface area contributed by atoms with Crippen LogP contribution in [-0.4, -0.2) is 24.7 Å². The molecule has 1 saturated carbocycles. The van der Waals surface area contributed by atoms with Gasteiger partial charge in [0.25, 0.3) is 0 Å². The monoisotopic (exact) mass is 172 g/mol. The predicted molar refractivity (Wildman–Crippen MR) is 49.0 cm³/mol. The second-order valence-electron chi connectivity index (χ2n) is 3.81. The van der Waals surface area contributed by atoms with Gasteiger partial charge in [-0.2, -0.15) is 11.8 Å². The molecule has 2 aliphatic rings. The molecule has 0 N–H and O–H groups in total. The van der Waals surface area contributed by atoms with Crippen LogP contribution in [0.3, 0.4) is 0 Å². The van der Waals surface area contributed by atoms with Gasteiger partial charge in [0.1, 0.15) is 0 Å². The molecule has 64 valence electrons. The van der Waals surface area contributed by atoms with Crippen molar-refractivity contribution in [1.29, 1.82) is 0 Å². The molecule has 0 aromatic heterocycles. The summed E-state index contributed by atoms with van der Waals surface area (Å²) in [6.45, 7) is 2.02. The molecule has 0 aromatic rings. The lowest BCUT2D eigenvalue weighted by atomic mass is 9.90. The first-order valence-corrected chi connectivity index (χ1v) is 5.72. The molecular formula is C9H16OS. The average molecular weight is 172 g/mol. The third kappa shape index (κ3) is 1.73. The zero-order valence-corrected chi connectivity index (χ0v) is 7.79. The van der Waals surface area contributed by atoms with E-state index in [0.29, 0.717) is 5.41 Å². The lowest BCUT2D eigenvalue weighted by Gasteiger charge is -2.25. The van der Waals surface area contributed by atoms with Crippen molar-refractivity contribution in [3.63, 3.8) is 0 Å². The van der Waals surface area contributed by atoms with Crippen LogP contribution in [0.15, 0.2) is 0 Å². The van der Waals surface area contributed by atoms with Gasteiger partial charge < -0.3 is 4.74 Å². The van der Waals surface area contributed by atoms with Crippen molar-refractivity contribution < 1.29 is 4.74 Å². The summed E-state index contributed by atoms with van der Waals surface area (Å²) in [6, 6.07) is 0. The molecule has 0 aromatic carbocycles. The van der Waals surface area contributed by atoms with Gasteiger partial charge in [0, 0.05) is 16.9 Å². The number of hydrogen-bond donors (Lipinski definition) is 0. The van der Waals surface area contributed by atoms with Gasteiger partial charge in [0.2, 0.25) is 0 Å². The van der Waals surface area contributed by atoms with E-state index < -0.39 is 0 Å². The van der Waals surface area contributed by atoms with Crippen LogP contribution in [0.25, 0.3) is 0 Å². The maximum absolute atomic E-state index is 5.61. The minimum atomic E-state index is 0.598. The molecule has 11 heavy (non-hydrogen) atoms. The second kappa shape index (κ2) is 3.36. The van der Waals surface area contributed by atoms with Crippen LogP contribution in [0.4, 0.5) is 0 Å². The summed E-state index contributed by atoms with van der Waals surface area (Å²) >= 11 is 2.09. The normalized spacial score (nSPS) is 30.5. The van der Waals surface area contributed by atoms with Crippen molar-refractivity contribution in [1.82, 2.24) is 0 Å². The standard InChI is InChI=1S/C9H16OS/c1-2-4-9(3-1)7-10-5-6-11-8-9/h1-8H2. The van der Waals surface area contributed by atoms with E-state index in [9.17, 15) is 0 Å². The Morgan fingerprint density at radius 1 is 1.18 bits per heavy atom. The molecule has 2 heteroatoms. The predicted octanol–water partition coefficient (Wildman–Crippen LogP) is 2.31. The lowest BCUT2D eigenvalue weighted by Crippen LogP contribution is -2.24. The van der Waals surface area contributed by atoms with Crippen LogP contribution in [-0.2, 0) is 4.74 Å². The average Bonchev–Trinajstić information content (AvgIpc) is 2.32. The van der Waals surface area contributed by atoms with Gasteiger partial charge in [-0.3, -0.25) is 0 Å². The van der Waals surface area contributed by atoms with Gasteiger partial charge >= 0.3 is 0 Å². The van der Waals surface area contributed by atoms with Crippen LogP contribution in [0.5, 0.6) is 0 Å². The van der Waals surface area contributed by atoms with Crippen molar-refractivity contribution in [3.05, 3.63) is 0 Å². The van der Waals surface area contributed by atoms with E-state index in [4.69, 9.17) is 4.74 Å². The molecule has 2 fully saturated rings. The summed E-state index contributed by atoms with van der Waals surface area (Å²) < 4.78 is 5.61.